The highest BCUT2D eigenvalue weighted by atomic mass is 16.2. The predicted molar refractivity (Wildman–Crippen MR) is 79.5 cm³/mol. The highest BCUT2D eigenvalue weighted by Crippen LogP contribution is 2.31. The van der Waals surface area contributed by atoms with Gasteiger partial charge in [0.25, 0.3) is 0 Å². The van der Waals surface area contributed by atoms with Gasteiger partial charge in [0, 0.05) is 23.7 Å². The van der Waals surface area contributed by atoms with Gasteiger partial charge in [0.05, 0.1) is 0 Å². The maximum Gasteiger partial charge on any atom is 0.227 e. The van der Waals surface area contributed by atoms with Crippen molar-refractivity contribution in [2.24, 2.45) is 11.7 Å². The quantitative estimate of drug-likeness (QED) is 0.742. The second-order valence-corrected chi connectivity index (χ2v) is 5.23. The molecular formula is C15H21N3O2. The summed E-state index contributed by atoms with van der Waals surface area (Å²) in [5.74, 6) is 0.238. The summed E-state index contributed by atoms with van der Waals surface area (Å²) in [6.45, 7) is 2.43. The lowest BCUT2D eigenvalue weighted by Gasteiger charge is -2.11. The molecule has 0 atom stereocenters. The molecular weight excluding hydrogens is 254 g/mol. The Morgan fingerprint density at radius 1 is 1.30 bits per heavy atom. The summed E-state index contributed by atoms with van der Waals surface area (Å²) in [6.07, 6.45) is 3.08. The highest BCUT2D eigenvalue weighted by molar-refractivity contribution is 5.95. The van der Waals surface area contributed by atoms with Gasteiger partial charge < -0.3 is 16.4 Å². The van der Waals surface area contributed by atoms with Crippen LogP contribution in [0.2, 0.25) is 0 Å². The molecule has 0 aromatic heterocycles. The Kier molecular flexibility index (Phi) is 4.74. The molecule has 0 radical (unpaired) electrons. The normalized spacial score (nSPS) is 13.9. The molecule has 5 nitrogen and oxygen atoms in total. The van der Waals surface area contributed by atoms with Crippen LogP contribution in [0.5, 0.6) is 0 Å². The fraction of sp³-hybridized carbons (Fsp3) is 0.467. The Morgan fingerprint density at radius 3 is 2.65 bits per heavy atom. The Bertz CT molecular complexity index is 510. The molecule has 0 heterocycles. The van der Waals surface area contributed by atoms with Crippen LogP contribution in [-0.2, 0) is 9.59 Å². The van der Waals surface area contributed by atoms with Crippen molar-refractivity contribution in [3.05, 3.63) is 23.8 Å². The van der Waals surface area contributed by atoms with Gasteiger partial charge in [-0.25, -0.2) is 0 Å². The molecule has 20 heavy (non-hydrogen) atoms. The van der Waals surface area contributed by atoms with Crippen molar-refractivity contribution >= 4 is 23.2 Å². The van der Waals surface area contributed by atoms with Gasteiger partial charge in [-0.2, -0.15) is 0 Å². The maximum absolute atomic E-state index is 11.7. The largest absolute Gasteiger partial charge is 0.330 e. The molecule has 0 saturated heterocycles. The van der Waals surface area contributed by atoms with Crippen LogP contribution in [0.3, 0.4) is 0 Å². The monoisotopic (exact) mass is 275 g/mol. The van der Waals surface area contributed by atoms with E-state index < -0.39 is 0 Å². The van der Waals surface area contributed by atoms with Crippen molar-refractivity contribution in [1.82, 2.24) is 0 Å². The fourth-order valence-corrected chi connectivity index (χ4v) is 1.95. The van der Waals surface area contributed by atoms with E-state index in [-0.39, 0.29) is 17.7 Å². The van der Waals surface area contributed by atoms with Crippen molar-refractivity contribution in [2.75, 3.05) is 17.2 Å². The second-order valence-electron chi connectivity index (χ2n) is 5.23. The summed E-state index contributed by atoms with van der Waals surface area (Å²) in [7, 11) is 0. The number of nitrogens with one attached hydrogen (secondary N) is 2. The molecule has 4 N–H and O–H groups in total. The molecule has 0 unspecified atom stereocenters. The number of rotatable bonds is 6. The van der Waals surface area contributed by atoms with Gasteiger partial charge in [-0.05, 0) is 56.5 Å². The molecule has 2 amide bonds. The molecule has 5 heteroatoms. The molecule has 2 rings (SSSR count). The third-order valence-electron chi connectivity index (χ3n) is 3.32. The van der Waals surface area contributed by atoms with Gasteiger partial charge in [-0.1, -0.05) is 0 Å². The lowest BCUT2D eigenvalue weighted by molar-refractivity contribution is -0.117. The van der Waals surface area contributed by atoms with E-state index in [0.717, 1.165) is 29.8 Å². The van der Waals surface area contributed by atoms with Crippen LogP contribution in [0.4, 0.5) is 11.4 Å². The summed E-state index contributed by atoms with van der Waals surface area (Å²) >= 11 is 0. The van der Waals surface area contributed by atoms with Crippen molar-refractivity contribution in [2.45, 2.75) is 32.6 Å². The van der Waals surface area contributed by atoms with Crippen LogP contribution in [0.25, 0.3) is 0 Å². The summed E-state index contributed by atoms with van der Waals surface area (Å²) in [5, 5.41) is 5.74. The van der Waals surface area contributed by atoms with Crippen molar-refractivity contribution < 1.29 is 9.59 Å². The molecule has 0 aliphatic heterocycles. The average molecular weight is 275 g/mol. The standard InChI is InChI=1S/C15H21N3O2/c1-10-9-12(17-14(19)3-2-8-16)6-7-13(10)18-15(20)11-4-5-11/h6-7,9,11H,2-5,8,16H2,1H3,(H,17,19)(H,18,20). The van der Waals surface area contributed by atoms with E-state index in [1.54, 1.807) is 6.07 Å². The number of carbonyl (C=O) groups excluding carboxylic acids is 2. The minimum Gasteiger partial charge on any atom is -0.330 e. The van der Waals surface area contributed by atoms with Crippen LogP contribution >= 0.6 is 0 Å². The SMILES string of the molecule is Cc1cc(NC(=O)CCCN)ccc1NC(=O)C1CC1. The molecule has 108 valence electrons. The van der Waals surface area contributed by atoms with Gasteiger partial charge in [-0.3, -0.25) is 9.59 Å². The van der Waals surface area contributed by atoms with Gasteiger partial charge in [0.15, 0.2) is 0 Å². The van der Waals surface area contributed by atoms with E-state index in [2.05, 4.69) is 10.6 Å². The lowest BCUT2D eigenvalue weighted by atomic mass is 10.1. The number of nitrogens with two attached hydrogens (primary N) is 1. The summed E-state index contributed by atoms with van der Waals surface area (Å²) in [5.41, 5.74) is 7.86. The Labute approximate surface area is 118 Å². The first kappa shape index (κ1) is 14.5. The maximum atomic E-state index is 11.7. The molecule has 1 aromatic carbocycles. The van der Waals surface area contributed by atoms with E-state index in [1.807, 2.05) is 19.1 Å². The number of carbonyl (C=O) groups is 2. The number of hydrogen-bond donors (Lipinski definition) is 3. The van der Waals surface area contributed by atoms with Crippen molar-refractivity contribution in [3.8, 4) is 0 Å². The van der Waals surface area contributed by atoms with Crippen molar-refractivity contribution in [3.63, 3.8) is 0 Å². The predicted octanol–water partition coefficient (Wildman–Crippen LogP) is 2.02. The zero-order chi connectivity index (χ0) is 14.5. The van der Waals surface area contributed by atoms with Gasteiger partial charge in [0.2, 0.25) is 11.8 Å². The molecule has 1 aliphatic carbocycles. The fourth-order valence-electron chi connectivity index (χ4n) is 1.95. The second kappa shape index (κ2) is 6.52. The van der Waals surface area contributed by atoms with E-state index >= 15 is 0 Å². The zero-order valence-corrected chi connectivity index (χ0v) is 11.7. The first-order chi connectivity index (χ1) is 9.60. The van der Waals surface area contributed by atoms with Gasteiger partial charge in [0.1, 0.15) is 0 Å². The van der Waals surface area contributed by atoms with Crippen LogP contribution in [0.1, 0.15) is 31.2 Å². The van der Waals surface area contributed by atoms with E-state index in [1.165, 1.54) is 0 Å². The average Bonchev–Trinajstić information content (AvgIpc) is 3.24. The Morgan fingerprint density at radius 2 is 2.05 bits per heavy atom. The number of hydrogen-bond acceptors (Lipinski definition) is 3. The van der Waals surface area contributed by atoms with E-state index in [0.29, 0.717) is 19.4 Å². The Hall–Kier alpha value is -1.88. The van der Waals surface area contributed by atoms with E-state index in [4.69, 9.17) is 5.73 Å². The number of aryl methyl sites for hydroxylation is 1. The molecule has 1 saturated carbocycles. The summed E-state index contributed by atoms with van der Waals surface area (Å²) in [4.78, 5) is 23.3. The van der Waals surface area contributed by atoms with Crippen LogP contribution < -0.4 is 16.4 Å². The summed E-state index contributed by atoms with van der Waals surface area (Å²) in [6, 6.07) is 5.49. The van der Waals surface area contributed by atoms with Gasteiger partial charge in [-0.15, -0.1) is 0 Å². The third kappa shape index (κ3) is 4.06. The molecule has 1 fully saturated rings. The number of benzene rings is 1. The minimum atomic E-state index is -0.0374. The van der Waals surface area contributed by atoms with Crippen LogP contribution in [0, 0.1) is 12.8 Å². The van der Waals surface area contributed by atoms with Crippen LogP contribution in [-0.4, -0.2) is 18.4 Å². The minimum absolute atomic E-state index is 0.0374. The third-order valence-corrected chi connectivity index (χ3v) is 3.32. The highest BCUT2D eigenvalue weighted by Gasteiger charge is 2.29. The van der Waals surface area contributed by atoms with Gasteiger partial charge >= 0.3 is 0 Å². The van der Waals surface area contributed by atoms with Crippen LogP contribution in [0.15, 0.2) is 18.2 Å². The molecule has 1 aliphatic rings. The first-order valence-corrected chi connectivity index (χ1v) is 7.01. The number of anilines is 2. The number of amides is 2. The first-order valence-electron chi connectivity index (χ1n) is 7.01. The molecule has 0 spiro atoms. The zero-order valence-electron chi connectivity index (χ0n) is 11.7. The Balaban J connectivity index is 1.94. The summed E-state index contributed by atoms with van der Waals surface area (Å²) < 4.78 is 0. The van der Waals surface area contributed by atoms with E-state index in [9.17, 15) is 9.59 Å². The molecule has 1 aromatic rings. The topological polar surface area (TPSA) is 84.2 Å². The molecule has 0 bridgehead atoms. The smallest absolute Gasteiger partial charge is 0.227 e. The van der Waals surface area contributed by atoms with Crippen molar-refractivity contribution in [1.29, 1.82) is 0 Å². The lowest BCUT2D eigenvalue weighted by Crippen LogP contribution is -2.15.